The van der Waals surface area contributed by atoms with Gasteiger partial charge in [0.1, 0.15) is 5.82 Å². The highest BCUT2D eigenvalue weighted by Gasteiger charge is 2.73. The quantitative estimate of drug-likeness (QED) is 0.264. The molecule has 3 heterocycles. The molecule has 0 amide bonds. The lowest BCUT2D eigenvalue weighted by Gasteiger charge is -2.40. The van der Waals surface area contributed by atoms with Gasteiger partial charge in [-0.1, -0.05) is 30.7 Å². The predicted octanol–water partition coefficient (Wildman–Crippen LogP) is 6.88. The average Bonchev–Trinajstić information content (AvgIpc) is 2.91. The van der Waals surface area contributed by atoms with Crippen LogP contribution in [0.4, 0.5) is 60.1 Å². The van der Waals surface area contributed by atoms with E-state index in [1.54, 1.807) is 18.3 Å². The number of hydrogen-bond acceptors (Lipinski definition) is 8. The summed E-state index contributed by atoms with van der Waals surface area (Å²) >= 11 is 6.32. The summed E-state index contributed by atoms with van der Waals surface area (Å²) in [6.07, 6.45) is -10.0. The van der Waals surface area contributed by atoms with Gasteiger partial charge >= 0.3 is 18.0 Å². The number of anilines is 5. The summed E-state index contributed by atoms with van der Waals surface area (Å²) in [5, 5.41) is 6.45. The van der Waals surface area contributed by atoms with Crippen molar-refractivity contribution in [1.29, 1.82) is 0 Å². The molecule has 42 heavy (non-hydrogen) atoms. The summed E-state index contributed by atoms with van der Waals surface area (Å²) in [7, 11) is 0. The van der Waals surface area contributed by atoms with Gasteiger partial charge in [-0.25, -0.2) is 9.37 Å². The van der Waals surface area contributed by atoms with E-state index in [-0.39, 0.29) is 29.7 Å². The number of nitrogens with zero attached hydrogens (tertiary/aromatic N) is 6. The number of nitrogens with one attached hydrogen (secondary N) is 2. The molecule has 2 unspecified atom stereocenters. The van der Waals surface area contributed by atoms with Crippen molar-refractivity contribution in [3.63, 3.8) is 0 Å². The van der Waals surface area contributed by atoms with Crippen molar-refractivity contribution in [1.82, 2.24) is 19.9 Å². The summed E-state index contributed by atoms with van der Waals surface area (Å²) in [5.74, 6) is 1.15. The molecule has 0 bridgehead atoms. The number of hydrogen-bond donors (Lipinski definition) is 2. The summed E-state index contributed by atoms with van der Waals surface area (Å²) in [6.45, 7) is 7.42. The van der Waals surface area contributed by atoms with Gasteiger partial charge in [-0.3, -0.25) is 0 Å². The van der Waals surface area contributed by atoms with Gasteiger partial charge in [0.15, 0.2) is 0 Å². The zero-order valence-electron chi connectivity index (χ0n) is 22.7. The van der Waals surface area contributed by atoms with E-state index >= 15 is 0 Å². The summed E-state index contributed by atoms with van der Waals surface area (Å²) in [5.41, 5.74) is -7.08. The minimum absolute atomic E-state index is 0.0147. The van der Waals surface area contributed by atoms with Crippen molar-refractivity contribution in [3.05, 3.63) is 53.2 Å². The topological polar surface area (TPSA) is 82.1 Å². The molecule has 1 fully saturated rings. The second kappa shape index (κ2) is 11.9. The molecule has 2 N–H and O–H groups in total. The zero-order chi connectivity index (χ0) is 30.9. The van der Waals surface area contributed by atoms with Crippen molar-refractivity contribution in [2.24, 2.45) is 0 Å². The van der Waals surface area contributed by atoms with Gasteiger partial charge in [-0.05, 0) is 44.5 Å². The van der Waals surface area contributed by atoms with Crippen LogP contribution in [0.2, 0.25) is 5.02 Å². The summed E-state index contributed by atoms with van der Waals surface area (Å²) < 4.78 is 93.3. The Balaban J connectivity index is 1.60. The number of alkyl halides is 7. The lowest BCUT2D eigenvalue weighted by atomic mass is 9.94. The molecule has 1 aliphatic rings. The fourth-order valence-corrected chi connectivity index (χ4v) is 4.63. The Morgan fingerprint density at radius 2 is 1.60 bits per heavy atom. The number of piperazine rings is 1. The van der Waals surface area contributed by atoms with Crippen molar-refractivity contribution < 1.29 is 30.7 Å². The lowest BCUT2D eigenvalue weighted by Crippen LogP contribution is -2.53. The Morgan fingerprint density at radius 1 is 0.952 bits per heavy atom. The maximum Gasteiger partial charge on any atom is 0.435 e. The maximum absolute atomic E-state index is 14.4. The Kier molecular flexibility index (Phi) is 8.90. The van der Waals surface area contributed by atoms with Crippen LogP contribution in [0.1, 0.15) is 32.8 Å². The number of benzene rings is 1. The first-order valence-corrected chi connectivity index (χ1v) is 13.4. The van der Waals surface area contributed by atoms with E-state index in [0.717, 1.165) is 18.6 Å². The molecular weight excluding hydrogens is 593 g/mol. The van der Waals surface area contributed by atoms with Crippen LogP contribution in [0, 0.1) is 0 Å². The first-order valence-electron chi connectivity index (χ1n) is 13.0. The molecule has 16 heteroatoms. The molecule has 0 radical (unpaired) electrons. The van der Waals surface area contributed by atoms with Gasteiger partial charge < -0.3 is 20.4 Å². The Morgan fingerprint density at radius 3 is 2.17 bits per heavy atom. The van der Waals surface area contributed by atoms with Crippen LogP contribution in [0.15, 0.2) is 42.6 Å². The van der Waals surface area contributed by atoms with E-state index in [0.29, 0.717) is 48.6 Å². The Bertz CT molecular complexity index is 1360. The molecule has 1 aliphatic heterocycles. The number of rotatable bonds is 8. The third-order valence-corrected chi connectivity index (χ3v) is 7.15. The molecule has 0 spiro atoms. The molecule has 228 valence electrons. The molecule has 1 saturated heterocycles. The van der Waals surface area contributed by atoms with E-state index < -0.39 is 23.6 Å². The molecule has 0 saturated carbocycles. The zero-order valence-corrected chi connectivity index (χ0v) is 23.5. The molecular formula is C26H28ClF7N8. The largest absolute Gasteiger partial charge is 0.435 e. The van der Waals surface area contributed by atoms with E-state index in [9.17, 15) is 30.7 Å². The van der Waals surface area contributed by atoms with Gasteiger partial charge in [0.25, 0.3) is 0 Å². The van der Waals surface area contributed by atoms with Crippen LogP contribution in [-0.2, 0) is 5.67 Å². The van der Waals surface area contributed by atoms with Crippen LogP contribution in [0.3, 0.4) is 0 Å². The summed E-state index contributed by atoms with van der Waals surface area (Å²) in [4.78, 5) is 21.7. The molecule has 4 rings (SSSR count). The highest BCUT2D eigenvalue weighted by atomic mass is 35.5. The molecule has 0 aliphatic carbocycles. The molecule has 1 aromatic carbocycles. The third kappa shape index (κ3) is 6.40. The Labute approximate surface area is 242 Å². The van der Waals surface area contributed by atoms with Gasteiger partial charge in [0, 0.05) is 49.2 Å². The van der Waals surface area contributed by atoms with Gasteiger partial charge in [-0.15, -0.1) is 0 Å². The first-order chi connectivity index (χ1) is 19.6. The standard InChI is InChI=1S/C26H28ClF7N8/c1-4-15(2)36-21-38-22(37-18-9-7-17(8-10-18)24(28,25(29,30)31)26(32,33)34)40-23(39-21)42-13-12-41(14-16(42)3)20-19(27)6-5-11-35-20/h5-11,15-16H,4,12-14H2,1-3H3,(H2,36,37,38,39,40). The summed E-state index contributed by atoms with van der Waals surface area (Å²) in [6, 6.07) is 6.01. The monoisotopic (exact) mass is 620 g/mol. The highest BCUT2D eigenvalue weighted by Crippen LogP contribution is 2.53. The van der Waals surface area contributed by atoms with Crippen molar-refractivity contribution in [2.75, 3.05) is 40.1 Å². The van der Waals surface area contributed by atoms with Crippen LogP contribution < -0.4 is 20.4 Å². The Hall–Kier alpha value is -3.62. The highest BCUT2D eigenvalue weighted by molar-refractivity contribution is 6.32. The van der Waals surface area contributed by atoms with E-state index in [4.69, 9.17) is 11.6 Å². The minimum Gasteiger partial charge on any atom is -0.352 e. The average molecular weight is 621 g/mol. The molecule has 3 aromatic rings. The van der Waals surface area contributed by atoms with Crippen molar-refractivity contribution in [2.45, 2.75) is 57.3 Å². The van der Waals surface area contributed by atoms with E-state index in [1.807, 2.05) is 30.6 Å². The van der Waals surface area contributed by atoms with E-state index in [2.05, 4.69) is 30.6 Å². The van der Waals surface area contributed by atoms with Gasteiger partial charge in [0.2, 0.25) is 17.8 Å². The number of halogens is 8. The molecule has 8 nitrogen and oxygen atoms in total. The second-order valence-corrected chi connectivity index (χ2v) is 10.3. The normalized spacial score (nSPS) is 17.3. The molecule has 2 aromatic heterocycles. The van der Waals surface area contributed by atoms with Crippen LogP contribution in [0.25, 0.3) is 0 Å². The van der Waals surface area contributed by atoms with Crippen LogP contribution >= 0.6 is 11.6 Å². The van der Waals surface area contributed by atoms with Gasteiger partial charge in [-0.2, -0.15) is 41.3 Å². The van der Waals surface area contributed by atoms with E-state index in [1.165, 1.54) is 0 Å². The lowest BCUT2D eigenvalue weighted by molar-refractivity contribution is -0.348. The predicted molar refractivity (Wildman–Crippen MR) is 146 cm³/mol. The minimum atomic E-state index is -6.21. The second-order valence-electron chi connectivity index (χ2n) is 9.89. The number of pyridine rings is 1. The molecule has 2 atom stereocenters. The smallest absolute Gasteiger partial charge is 0.352 e. The maximum atomic E-state index is 14.4. The van der Waals surface area contributed by atoms with Crippen LogP contribution in [0.5, 0.6) is 0 Å². The van der Waals surface area contributed by atoms with Crippen LogP contribution in [-0.4, -0.2) is 64.0 Å². The SMILES string of the molecule is CCC(C)Nc1nc(Nc2ccc(C(F)(C(F)(F)F)C(F)(F)F)cc2)nc(N2CCN(c3ncccc3Cl)CC2C)n1. The third-order valence-electron chi connectivity index (χ3n) is 6.85. The van der Waals surface area contributed by atoms with Gasteiger partial charge in [0.05, 0.1) is 5.02 Å². The van der Waals surface area contributed by atoms with Crippen molar-refractivity contribution in [3.8, 4) is 0 Å². The van der Waals surface area contributed by atoms with Crippen molar-refractivity contribution >= 4 is 41.0 Å². The number of aromatic nitrogens is 4. The first kappa shape index (κ1) is 31.3. The fourth-order valence-electron chi connectivity index (χ4n) is 4.39. The fraction of sp³-hybridized carbons (Fsp3) is 0.462.